The molecule has 1 aromatic heterocycles. The van der Waals surface area contributed by atoms with Crippen LogP contribution < -0.4 is 0 Å². The zero-order valence-electron chi connectivity index (χ0n) is 9.38. The lowest BCUT2D eigenvalue weighted by Gasteiger charge is -2.05. The Hall–Kier alpha value is -1.09. The molecule has 1 N–H and O–H groups in total. The molecule has 1 unspecified atom stereocenters. The number of carbonyl (C=O) groups is 1. The number of nitrogens with one attached hydrogen (secondary N) is 1. The van der Waals surface area contributed by atoms with Gasteiger partial charge in [0.05, 0.1) is 0 Å². The van der Waals surface area contributed by atoms with Crippen molar-refractivity contribution in [1.29, 1.82) is 0 Å². The first-order chi connectivity index (χ1) is 7.63. The van der Waals surface area contributed by atoms with Gasteiger partial charge in [-0.1, -0.05) is 35.8 Å². The standard InChI is InChI=1S/C13H14BrNO/c1-3-8(2)13(16)11-7-15-12-6-9(14)4-5-10(11)12/h4-8,15H,3H2,1-2H3. The Balaban J connectivity index is 2.50. The summed E-state index contributed by atoms with van der Waals surface area (Å²) in [5.74, 6) is 0.304. The van der Waals surface area contributed by atoms with Gasteiger partial charge in [0.1, 0.15) is 0 Å². The molecule has 0 aliphatic heterocycles. The molecule has 0 radical (unpaired) electrons. The van der Waals surface area contributed by atoms with Crippen LogP contribution in [0.25, 0.3) is 10.9 Å². The number of Topliss-reactive ketones (excluding diaryl/α,β-unsaturated/α-hetero) is 1. The smallest absolute Gasteiger partial charge is 0.167 e. The number of hydrogen-bond acceptors (Lipinski definition) is 1. The van der Waals surface area contributed by atoms with E-state index in [0.29, 0.717) is 0 Å². The maximum Gasteiger partial charge on any atom is 0.167 e. The number of rotatable bonds is 3. The molecule has 0 aliphatic rings. The number of ketones is 1. The Morgan fingerprint density at radius 3 is 2.94 bits per heavy atom. The summed E-state index contributed by atoms with van der Waals surface area (Å²) in [6.45, 7) is 4.01. The van der Waals surface area contributed by atoms with Crippen LogP contribution in [-0.4, -0.2) is 10.8 Å². The largest absolute Gasteiger partial charge is 0.360 e. The molecule has 84 valence electrons. The van der Waals surface area contributed by atoms with Crippen LogP contribution in [0.15, 0.2) is 28.9 Å². The SMILES string of the molecule is CCC(C)C(=O)c1c[nH]c2cc(Br)ccc12. The van der Waals surface area contributed by atoms with E-state index in [1.807, 2.05) is 38.2 Å². The number of H-pyrrole nitrogens is 1. The molecule has 2 nitrogen and oxygen atoms in total. The van der Waals surface area contributed by atoms with Gasteiger partial charge >= 0.3 is 0 Å². The Morgan fingerprint density at radius 1 is 1.50 bits per heavy atom. The number of aromatic amines is 1. The molecule has 1 atom stereocenters. The van der Waals surface area contributed by atoms with Gasteiger partial charge in [-0.25, -0.2) is 0 Å². The minimum atomic E-state index is 0.0858. The molecule has 0 fully saturated rings. The van der Waals surface area contributed by atoms with Crippen molar-refractivity contribution in [2.45, 2.75) is 20.3 Å². The highest BCUT2D eigenvalue weighted by atomic mass is 79.9. The van der Waals surface area contributed by atoms with E-state index in [2.05, 4.69) is 20.9 Å². The Morgan fingerprint density at radius 2 is 2.25 bits per heavy atom. The molecule has 3 heteroatoms. The zero-order valence-corrected chi connectivity index (χ0v) is 11.0. The van der Waals surface area contributed by atoms with Crippen molar-refractivity contribution >= 4 is 32.6 Å². The van der Waals surface area contributed by atoms with Crippen LogP contribution in [0.3, 0.4) is 0 Å². The lowest BCUT2D eigenvalue weighted by Crippen LogP contribution is -2.09. The maximum absolute atomic E-state index is 12.1. The quantitative estimate of drug-likeness (QED) is 0.841. The molecule has 0 aliphatic carbocycles. The lowest BCUT2D eigenvalue weighted by molar-refractivity contribution is 0.0929. The Bertz CT molecular complexity index is 530. The minimum Gasteiger partial charge on any atom is -0.360 e. The summed E-state index contributed by atoms with van der Waals surface area (Å²) < 4.78 is 1.02. The van der Waals surface area contributed by atoms with E-state index in [-0.39, 0.29) is 11.7 Å². The van der Waals surface area contributed by atoms with Crippen molar-refractivity contribution in [2.75, 3.05) is 0 Å². The second-order valence-corrected chi connectivity index (χ2v) is 4.98. The highest BCUT2D eigenvalue weighted by Crippen LogP contribution is 2.24. The first-order valence-electron chi connectivity index (χ1n) is 5.44. The fourth-order valence-electron chi connectivity index (χ4n) is 1.75. The van der Waals surface area contributed by atoms with E-state index in [0.717, 1.165) is 27.4 Å². The summed E-state index contributed by atoms with van der Waals surface area (Å²) >= 11 is 3.42. The number of carbonyl (C=O) groups excluding carboxylic acids is 1. The summed E-state index contributed by atoms with van der Waals surface area (Å²) in [6.07, 6.45) is 2.69. The van der Waals surface area contributed by atoms with Gasteiger partial charge in [-0.05, 0) is 18.6 Å². The second kappa shape index (κ2) is 4.42. The maximum atomic E-state index is 12.1. The summed E-state index contributed by atoms with van der Waals surface area (Å²) in [4.78, 5) is 15.2. The fraction of sp³-hybridized carbons (Fsp3) is 0.308. The van der Waals surface area contributed by atoms with Crippen molar-refractivity contribution in [2.24, 2.45) is 5.92 Å². The topological polar surface area (TPSA) is 32.9 Å². The van der Waals surface area contributed by atoms with Crippen LogP contribution in [0.2, 0.25) is 0 Å². The van der Waals surface area contributed by atoms with E-state index >= 15 is 0 Å². The van der Waals surface area contributed by atoms with Crippen LogP contribution in [0.1, 0.15) is 30.6 Å². The van der Waals surface area contributed by atoms with Gasteiger partial charge < -0.3 is 4.98 Å². The van der Waals surface area contributed by atoms with Gasteiger partial charge in [-0.3, -0.25) is 4.79 Å². The first kappa shape index (κ1) is 11.4. The third-order valence-electron chi connectivity index (χ3n) is 2.97. The first-order valence-corrected chi connectivity index (χ1v) is 6.23. The summed E-state index contributed by atoms with van der Waals surface area (Å²) in [5, 5.41) is 1.01. The van der Waals surface area contributed by atoms with Crippen LogP contribution in [-0.2, 0) is 0 Å². The van der Waals surface area contributed by atoms with E-state index in [9.17, 15) is 4.79 Å². The number of halogens is 1. The number of fused-ring (bicyclic) bond motifs is 1. The molecule has 16 heavy (non-hydrogen) atoms. The Labute approximate surface area is 103 Å². The summed E-state index contributed by atoms with van der Waals surface area (Å²) in [5.41, 5.74) is 1.80. The monoisotopic (exact) mass is 279 g/mol. The molecule has 1 aromatic carbocycles. The molecule has 0 amide bonds. The van der Waals surface area contributed by atoms with Crippen molar-refractivity contribution in [3.05, 3.63) is 34.4 Å². The number of benzene rings is 1. The van der Waals surface area contributed by atoms with Crippen molar-refractivity contribution in [3.63, 3.8) is 0 Å². The van der Waals surface area contributed by atoms with Gasteiger partial charge in [-0.2, -0.15) is 0 Å². The molecular weight excluding hydrogens is 266 g/mol. The van der Waals surface area contributed by atoms with E-state index in [4.69, 9.17) is 0 Å². The highest BCUT2D eigenvalue weighted by Gasteiger charge is 2.16. The zero-order chi connectivity index (χ0) is 11.7. The van der Waals surface area contributed by atoms with Crippen molar-refractivity contribution in [1.82, 2.24) is 4.98 Å². The fourth-order valence-corrected chi connectivity index (χ4v) is 2.11. The third-order valence-corrected chi connectivity index (χ3v) is 3.46. The molecule has 2 rings (SSSR count). The van der Waals surface area contributed by atoms with Gasteiger partial charge in [0.25, 0.3) is 0 Å². The van der Waals surface area contributed by atoms with Gasteiger partial charge in [0, 0.05) is 33.1 Å². The van der Waals surface area contributed by atoms with E-state index in [1.54, 1.807) is 0 Å². The van der Waals surface area contributed by atoms with Crippen LogP contribution in [0, 0.1) is 5.92 Å². The van der Waals surface area contributed by atoms with Crippen LogP contribution in [0.4, 0.5) is 0 Å². The predicted octanol–water partition coefficient (Wildman–Crippen LogP) is 4.16. The van der Waals surface area contributed by atoms with Gasteiger partial charge in [0.2, 0.25) is 0 Å². The van der Waals surface area contributed by atoms with Gasteiger partial charge in [0.15, 0.2) is 5.78 Å². The molecule has 0 spiro atoms. The minimum absolute atomic E-state index is 0.0858. The molecule has 0 bridgehead atoms. The molecule has 1 heterocycles. The molecule has 0 saturated heterocycles. The highest BCUT2D eigenvalue weighted by molar-refractivity contribution is 9.10. The Kier molecular flexibility index (Phi) is 3.15. The van der Waals surface area contributed by atoms with E-state index in [1.165, 1.54) is 0 Å². The summed E-state index contributed by atoms with van der Waals surface area (Å²) in [7, 11) is 0. The third kappa shape index (κ3) is 1.92. The normalized spacial score (nSPS) is 12.9. The van der Waals surface area contributed by atoms with Crippen LogP contribution in [0.5, 0.6) is 0 Å². The van der Waals surface area contributed by atoms with E-state index < -0.39 is 0 Å². The van der Waals surface area contributed by atoms with Crippen molar-refractivity contribution in [3.8, 4) is 0 Å². The summed E-state index contributed by atoms with van der Waals surface area (Å²) in [6, 6.07) is 5.93. The molecular formula is C13H14BrNO. The molecule has 0 saturated carbocycles. The van der Waals surface area contributed by atoms with Crippen LogP contribution >= 0.6 is 15.9 Å². The lowest BCUT2D eigenvalue weighted by atomic mass is 9.97. The predicted molar refractivity (Wildman–Crippen MR) is 69.8 cm³/mol. The van der Waals surface area contributed by atoms with Crippen molar-refractivity contribution < 1.29 is 4.79 Å². The average molecular weight is 280 g/mol. The number of aromatic nitrogens is 1. The molecule has 2 aromatic rings. The van der Waals surface area contributed by atoms with Gasteiger partial charge in [-0.15, -0.1) is 0 Å². The number of hydrogen-bond donors (Lipinski definition) is 1. The average Bonchev–Trinajstić information content (AvgIpc) is 2.69. The second-order valence-electron chi connectivity index (χ2n) is 4.07.